The molecule has 0 aliphatic heterocycles. The average Bonchev–Trinajstić information content (AvgIpc) is 2.34. The summed E-state index contributed by atoms with van der Waals surface area (Å²) in [6.45, 7) is 0.482. The molecule has 0 radical (unpaired) electrons. The summed E-state index contributed by atoms with van der Waals surface area (Å²) in [5.74, 6) is 0.295. The van der Waals surface area contributed by atoms with Gasteiger partial charge in [0.2, 0.25) is 0 Å². The van der Waals surface area contributed by atoms with Crippen LogP contribution in [0.25, 0.3) is 0 Å². The van der Waals surface area contributed by atoms with E-state index in [2.05, 4.69) is 20.7 Å². The van der Waals surface area contributed by atoms with Crippen LogP contribution in [0.1, 0.15) is 10.4 Å². The molecule has 0 N–H and O–H groups in total. The predicted octanol–water partition coefficient (Wildman–Crippen LogP) is 2.80. The Kier molecular flexibility index (Phi) is 5.64. The first-order valence-electron chi connectivity index (χ1n) is 4.80. The molecule has 1 aromatic rings. The highest BCUT2D eigenvalue weighted by atomic mass is 79.9. The number of carbonyl (C=O) groups excluding carboxylic acids is 1. The maximum absolute atomic E-state index is 11.2. The number of allylic oxidation sites excluding steroid dienone is 1. The Labute approximate surface area is 103 Å². The fraction of sp³-hybridized carbons (Fsp3) is 0.250. The zero-order valence-electron chi connectivity index (χ0n) is 8.98. The van der Waals surface area contributed by atoms with Gasteiger partial charge in [0.25, 0.3) is 0 Å². The van der Waals surface area contributed by atoms with Gasteiger partial charge < -0.3 is 9.47 Å². The van der Waals surface area contributed by atoms with Crippen LogP contribution in [0.2, 0.25) is 0 Å². The summed E-state index contributed by atoms with van der Waals surface area (Å²) in [6, 6.07) is 6.91. The monoisotopic (exact) mass is 284 g/mol. The third-order valence-corrected chi connectivity index (χ3v) is 2.23. The largest absolute Gasteiger partial charge is 0.490 e. The molecule has 0 bridgehead atoms. The maximum Gasteiger partial charge on any atom is 0.337 e. The Bertz CT molecular complexity index is 374. The lowest BCUT2D eigenvalue weighted by Crippen LogP contribution is -2.01. The molecule has 0 heterocycles. The van der Waals surface area contributed by atoms with E-state index in [1.807, 2.05) is 12.2 Å². The third kappa shape index (κ3) is 4.06. The molecule has 0 aliphatic carbocycles. The fourth-order valence-corrected chi connectivity index (χ4v) is 1.37. The average molecular weight is 285 g/mol. The molecule has 0 unspecified atom stereocenters. The van der Waals surface area contributed by atoms with Crippen molar-refractivity contribution in [1.82, 2.24) is 0 Å². The summed E-state index contributed by atoms with van der Waals surface area (Å²) in [7, 11) is 1.36. The number of hydrogen-bond acceptors (Lipinski definition) is 3. The van der Waals surface area contributed by atoms with Crippen LogP contribution in [0.3, 0.4) is 0 Å². The Balaban J connectivity index is 2.60. The molecule has 1 rings (SSSR count). The lowest BCUT2D eigenvalue weighted by Gasteiger charge is -2.04. The Hall–Kier alpha value is -1.29. The van der Waals surface area contributed by atoms with Gasteiger partial charge in [0.15, 0.2) is 0 Å². The van der Waals surface area contributed by atoms with Gasteiger partial charge in [0.05, 0.1) is 12.7 Å². The summed E-state index contributed by atoms with van der Waals surface area (Å²) in [4.78, 5) is 11.2. The van der Waals surface area contributed by atoms with Crippen molar-refractivity contribution in [2.24, 2.45) is 0 Å². The van der Waals surface area contributed by atoms with E-state index < -0.39 is 0 Å². The Morgan fingerprint density at radius 2 is 2.25 bits per heavy atom. The molecule has 16 heavy (non-hydrogen) atoms. The maximum atomic E-state index is 11.2. The van der Waals surface area contributed by atoms with Crippen molar-refractivity contribution in [2.45, 2.75) is 0 Å². The van der Waals surface area contributed by atoms with Gasteiger partial charge in [0.1, 0.15) is 12.4 Å². The number of ether oxygens (including phenoxy) is 2. The summed E-state index contributed by atoms with van der Waals surface area (Å²) >= 11 is 3.27. The first kappa shape index (κ1) is 12.8. The van der Waals surface area contributed by atoms with Gasteiger partial charge in [-0.1, -0.05) is 34.1 Å². The Morgan fingerprint density at radius 3 is 2.94 bits per heavy atom. The van der Waals surface area contributed by atoms with Crippen molar-refractivity contribution in [3.05, 3.63) is 42.0 Å². The minimum absolute atomic E-state index is 0.360. The highest BCUT2D eigenvalue weighted by Crippen LogP contribution is 2.13. The van der Waals surface area contributed by atoms with Crippen LogP contribution in [0.5, 0.6) is 5.75 Å². The number of benzene rings is 1. The fourth-order valence-electron chi connectivity index (χ4n) is 1.11. The molecule has 1 aromatic carbocycles. The van der Waals surface area contributed by atoms with Crippen molar-refractivity contribution in [3.8, 4) is 5.75 Å². The van der Waals surface area contributed by atoms with Crippen molar-refractivity contribution in [3.63, 3.8) is 0 Å². The Morgan fingerprint density at radius 1 is 1.44 bits per heavy atom. The van der Waals surface area contributed by atoms with Crippen LogP contribution in [-0.4, -0.2) is 25.0 Å². The minimum Gasteiger partial charge on any atom is -0.490 e. The quantitative estimate of drug-likeness (QED) is 0.474. The van der Waals surface area contributed by atoms with E-state index >= 15 is 0 Å². The van der Waals surface area contributed by atoms with Gasteiger partial charge in [-0.3, -0.25) is 0 Å². The van der Waals surface area contributed by atoms with Crippen LogP contribution in [-0.2, 0) is 4.74 Å². The molecule has 4 heteroatoms. The number of esters is 1. The number of methoxy groups -OCH3 is 1. The summed E-state index contributed by atoms with van der Waals surface area (Å²) in [5, 5.41) is 0.804. The lowest BCUT2D eigenvalue weighted by atomic mass is 10.2. The van der Waals surface area contributed by atoms with Gasteiger partial charge in [-0.15, -0.1) is 0 Å². The number of halogens is 1. The molecule has 86 valence electrons. The number of hydrogen-bond donors (Lipinski definition) is 0. The SMILES string of the molecule is COC(=O)c1cccc(OC/C=C/CBr)c1. The van der Waals surface area contributed by atoms with Gasteiger partial charge in [-0.25, -0.2) is 4.79 Å². The second-order valence-corrected chi connectivity index (χ2v) is 3.60. The second kappa shape index (κ2) is 7.06. The summed E-state index contributed by atoms with van der Waals surface area (Å²) in [5.41, 5.74) is 0.490. The topological polar surface area (TPSA) is 35.5 Å². The first-order chi connectivity index (χ1) is 7.77. The molecular weight excluding hydrogens is 272 g/mol. The normalized spacial score (nSPS) is 10.4. The van der Waals surface area contributed by atoms with Crippen LogP contribution in [0.15, 0.2) is 36.4 Å². The molecule has 0 aliphatic rings. The summed E-state index contributed by atoms with van der Waals surface area (Å²) in [6.07, 6.45) is 3.85. The molecule has 0 amide bonds. The van der Waals surface area contributed by atoms with Crippen molar-refractivity contribution in [2.75, 3.05) is 19.0 Å². The summed E-state index contributed by atoms with van der Waals surface area (Å²) < 4.78 is 10.0. The van der Waals surface area contributed by atoms with E-state index in [0.717, 1.165) is 5.33 Å². The number of alkyl halides is 1. The van der Waals surface area contributed by atoms with Crippen LogP contribution in [0.4, 0.5) is 0 Å². The van der Waals surface area contributed by atoms with Gasteiger partial charge >= 0.3 is 5.97 Å². The first-order valence-corrected chi connectivity index (χ1v) is 5.92. The molecular formula is C12H13BrO3. The van der Waals surface area contributed by atoms with Gasteiger partial charge in [-0.2, -0.15) is 0 Å². The van der Waals surface area contributed by atoms with E-state index in [4.69, 9.17) is 4.74 Å². The van der Waals surface area contributed by atoms with E-state index in [1.54, 1.807) is 24.3 Å². The number of rotatable bonds is 5. The molecule has 0 spiro atoms. The zero-order valence-corrected chi connectivity index (χ0v) is 10.6. The minimum atomic E-state index is -0.360. The highest BCUT2D eigenvalue weighted by molar-refractivity contribution is 9.09. The van der Waals surface area contributed by atoms with E-state index in [1.165, 1.54) is 7.11 Å². The third-order valence-electron chi connectivity index (χ3n) is 1.86. The van der Waals surface area contributed by atoms with Gasteiger partial charge in [-0.05, 0) is 18.2 Å². The van der Waals surface area contributed by atoms with Crippen molar-refractivity contribution in [1.29, 1.82) is 0 Å². The van der Waals surface area contributed by atoms with E-state index in [9.17, 15) is 4.79 Å². The van der Waals surface area contributed by atoms with E-state index in [0.29, 0.717) is 17.9 Å². The highest BCUT2D eigenvalue weighted by Gasteiger charge is 2.05. The lowest BCUT2D eigenvalue weighted by molar-refractivity contribution is 0.0600. The molecule has 0 saturated heterocycles. The van der Waals surface area contributed by atoms with Crippen LogP contribution < -0.4 is 4.74 Å². The number of carbonyl (C=O) groups is 1. The van der Waals surface area contributed by atoms with Crippen LogP contribution in [0, 0.1) is 0 Å². The molecule has 0 saturated carbocycles. The van der Waals surface area contributed by atoms with Gasteiger partial charge in [0, 0.05) is 5.33 Å². The molecule has 3 nitrogen and oxygen atoms in total. The van der Waals surface area contributed by atoms with E-state index in [-0.39, 0.29) is 5.97 Å². The smallest absolute Gasteiger partial charge is 0.337 e. The molecule has 0 fully saturated rings. The molecule has 0 atom stereocenters. The predicted molar refractivity (Wildman–Crippen MR) is 66.2 cm³/mol. The zero-order chi connectivity index (χ0) is 11.8. The second-order valence-electron chi connectivity index (χ2n) is 2.96. The standard InChI is InChI=1S/C12H13BrO3/c1-15-12(14)10-5-4-6-11(9-10)16-8-3-2-7-13/h2-6,9H,7-8H2,1H3/b3-2+. The van der Waals surface area contributed by atoms with Crippen LogP contribution >= 0.6 is 15.9 Å². The van der Waals surface area contributed by atoms with Crippen molar-refractivity contribution < 1.29 is 14.3 Å². The molecule has 0 aromatic heterocycles. The van der Waals surface area contributed by atoms with Crippen molar-refractivity contribution >= 4 is 21.9 Å².